The van der Waals surface area contributed by atoms with E-state index in [0.29, 0.717) is 19.3 Å². The van der Waals surface area contributed by atoms with Crippen molar-refractivity contribution in [2.45, 2.75) is 340 Å². The minimum Gasteiger partial charge on any atom is -0.479 e. The van der Waals surface area contributed by atoms with E-state index in [1.807, 2.05) is 0 Å². The summed E-state index contributed by atoms with van der Waals surface area (Å²) in [5.74, 6) is -3.10. The Kier molecular flexibility index (Phi) is 48.6. The molecule has 0 radical (unpaired) electrons. The molecule has 0 spiro atoms. The lowest BCUT2D eigenvalue weighted by Crippen LogP contribution is -2.61. The van der Waals surface area contributed by atoms with E-state index in [1.54, 1.807) is 0 Å². The number of esters is 3. The van der Waals surface area contributed by atoms with Gasteiger partial charge in [-0.1, -0.05) is 238 Å². The lowest BCUT2D eigenvalue weighted by Gasteiger charge is -2.40. The minimum atomic E-state index is -1.90. The molecule has 0 amide bonds. The fourth-order valence-corrected chi connectivity index (χ4v) is 9.65. The van der Waals surface area contributed by atoms with Crippen molar-refractivity contribution in [1.82, 2.24) is 0 Å². The van der Waals surface area contributed by atoms with Gasteiger partial charge in [-0.25, -0.2) is 4.79 Å². The molecule has 1 aliphatic rings. The van der Waals surface area contributed by atoms with Crippen molar-refractivity contribution in [3.8, 4) is 0 Å². The number of allylic oxidation sites excluding steroid dienone is 4. The van der Waals surface area contributed by atoms with E-state index >= 15 is 0 Å². The number of aliphatic hydroxyl groups excluding tert-OH is 2. The molecule has 12 nitrogen and oxygen atoms in total. The number of aliphatic carboxylic acids is 1. The van der Waals surface area contributed by atoms with Gasteiger partial charge in [0.1, 0.15) is 18.8 Å². The first-order chi connectivity index (χ1) is 36.6. The quantitative estimate of drug-likeness (QED) is 0.0228. The molecular weight excluding hydrogens is 949 g/mol. The summed E-state index contributed by atoms with van der Waals surface area (Å²) in [4.78, 5) is 51.2. The van der Waals surface area contributed by atoms with Crippen LogP contribution in [0.4, 0.5) is 0 Å². The molecule has 0 aromatic rings. The molecule has 1 heterocycles. The number of carboxylic acids is 1. The SMILES string of the molecule is CCCCCCCC/C=C\CCCCCCCCCC(=O)OC1C(OCC(COC(=O)CCCCCCC/C=C\CCCCCCCC)OC(=O)CCCCCCCCCCCCCCC)OC(C(=O)O)C(O)C1O. The molecule has 3 N–H and O–H groups in total. The summed E-state index contributed by atoms with van der Waals surface area (Å²) >= 11 is 0. The maximum Gasteiger partial charge on any atom is 0.335 e. The molecule has 12 heteroatoms. The van der Waals surface area contributed by atoms with Gasteiger partial charge in [-0.05, 0) is 70.6 Å². The lowest BCUT2D eigenvalue weighted by molar-refractivity contribution is -0.301. The average Bonchev–Trinajstić information content (AvgIpc) is 3.39. The molecule has 75 heavy (non-hydrogen) atoms. The number of hydrogen-bond donors (Lipinski definition) is 3. The Morgan fingerprint density at radius 2 is 0.760 bits per heavy atom. The highest BCUT2D eigenvalue weighted by atomic mass is 16.7. The van der Waals surface area contributed by atoms with Crippen LogP contribution in [0.2, 0.25) is 0 Å². The fourth-order valence-electron chi connectivity index (χ4n) is 9.65. The molecule has 0 saturated carbocycles. The van der Waals surface area contributed by atoms with Crippen LogP contribution in [0.5, 0.6) is 0 Å². The monoisotopic (exact) mass is 1060 g/mol. The third-order valence-electron chi connectivity index (χ3n) is 14.5. The Hall–Kier alpha value is -2.80. The first-order valence-electron chi connectivity index (χ1n) is 31.3. The zero-order chi connectivity index (χ0) is 54.7. The topological polar surface area (TPSA) is 175 Å². The maximum atomic E-state index is 13.1. The third kappa shape index (κ3) is 41.9. The van der Waals surface area contributed by atoms with Crippen LogP contribution in [0.3, 0.4) is 0 Å². The third-order valence-corrected chi connectivity index (χ3v) is 14.5. The van der Waals surface area contributed by atoms with Crippen molar-refractivity contribution in [1.29, 1.82) is 0 Å². The molecule has 0 aromatic heterocycles. The summed E-state index contributed by atoms with van der Waals surface area (Å²) in [5, 5.41) is 31.5. The predicted molar refractivity (Wildman–Crippen MR) is 303 cm³/mol. The van der Waals surface area contributed by atoms with E-state index in [9.17, 15) is 34.5 Å². The smallest absolute Gasteiger partial charge is 0.335 e. The lowest BCUT2D eigenvalue weighted by atomic mass is 9.98. The van der Waals surface area contributed by atoms with Crippen molar-refractivity contribution in [2.24, 2.45) is 0 Å². The Labute approximate surface area is 458 Å². The molecule has 6 unspecified atom stereocenters. The van der Waals surface area contributed by atoms with Gasteiger partial charge in [0.25, 0.3) is 0 Å². The van der Waals surface area contributed by atoms with Crippen LogP contribution in [0.15, 0.2) is 24.3 Å². The van der Waals surface area contributed by atoms with Crippen LogP contribution >= 0.6 is 0 Å². The molecule has 0 aromatic carbocycles. The van der Waals surface area contributed by atoms with Gasteiger partial charge in [-0.3, -0.25) is 14.4 Å². The van der Waals surface area contributed by atoms with Gasteiger partial charge in [0, 0.05) is 19.3 Å². The van der Waals surface area contributed by atoms with Crippen LogP contribution in [0.1, 0.15) is 303 Å². The Balaban J connectivity index is 2.66. The van der Waals surface area contributed by atoms with Gasteiger partial charge in [0.05, 0.1) is 6.61 Å². The number of hydrogen-bond acceptors (Lipinski definition) is 11. The van der Waals surface area contributed by atoms with Crippen molar-refractivity contribution >= 4 is 23.9 Å². The number of aliphatic hydroxyl groups is 2. The molecule has 1 rings (SSSR count). The van der Waals surface area contributed by atoms with Crippen LogP contribution in [0, 0.1) is 0 Å². The largest absolute Gasteiger partial charge is 0.479 e. The molecule has 1 fully saturated rings. The van der Waals surface area contributed by atoms with Crippen molar-refractivity contribution in [3.63, 3.8) is 0 Å². The van der Waals surface area contributed by atoms with E-state index in [2.05, 4.69) is 45.1 Å². The van der Waals surface area contributed by atoms with Gasteiger partial charge in [0.15, 0.2) is 24.6 Å². The van der Waals surface area contributed by atoms with Crippen LogP contribution < -0.4 is 0 Å². The zero-order valence-electron chi connectivity index (χ0n) is 48.3. The average molecular weight is 1060 g/mol. The number of ether oxygens (including phenoxy) is 5. The summed E-state index contributed by atoms with van der Waals surface area (Å²) in [6.45, 7) is 6.01. The first kappa shape index (κ1) is 70.2. The molecule has 0 bridgehead atoms. The summed E-state index contributed by atoms with van der Waals surface area (Å²) in [7, 11) is 0. The second kappa shape index (κ2) is 51.9. The van der Waals surface area contributed by atoms with Gasteiger partial charge in [-0.2, -0.15) is 0 Å². The predicted octanol–water partition coefficient (Wildman–Crippen LogP) is 16.2. The van der Waals surface area contributed by atoms with Gasteiger partial charge in [-0.15, -0.1) is 0 Å². The zero-order valence-corrected chi connectivity index (χ0v) is 48.3. The molecular formula is C63H114O12. The molecule has 1 saturated heterocycles. The number of rotatable bonds is 54. The standard InChI is InChI=1S/C63H114O12/c1-4-7-10-13-16-19-22-25-27-28-30-33-36-39-42-45-48-51-57(66)74-61-59(68)58(67)60(62(69)70)75-63(61)72-53-54(73-56(65)50-47-44-41-38-35-31-24-21-18-15-12-9-6-3)52-71-55(64)49-46-43-40-37-34-32-29-26-23-20-17-14-11-8-5-2/h25-27,29,54,58-61,63,67-68H,4-24,28,30-53H2,1-3H3,(H,69,70)/b27-25-,29-26-. The summed E-state index contributed by atoms with van der Waals surface area (Å²) in [5.41, 5.74) is 0. The van der Waals surface area contributed by atoms with Crippen molar-refractivity contribution < 1.29 is 58.2 Å². The van der Waals surface area contributed by atoms with Gasteiger partial charge >= 0.3 is 23.9 Å². The van der Waals surface area contributed by atoms with Crippen LogP contribution in [-0.4, -0.2) is 89.2 Å². The number of carbonyl (C=O) groups is 4. The van der Waals surface area contributed by atoms with E-state index < -0.39 is 67.3 Å². The van der Waals surface area contributed by atoms with Crippen LogP contribution in [0.25, 0.3) is 0 Å². The highest BCUT2D eigenvalue weighted by Gasteiger charge is 2.50. The van der Waals surface area contributed by atoms with Crippen molar-refractivity contribution in [3.05, 3.63) is 24.3 Å². The normalized spacial score (nSPS) is 18.2. The number of carboxylic acid groups (broad SMARTS) is 1. The van der Waals surface area contributed by atoms with Gasteiger partial charge in [0.2, 0.25) is 0 Å². The second-order valence-electron chi connectivity index (χ2n) is 21.7. The maximum absolute atomic E-state index is 13.1. The van der Waals surface area contributed by atoms with E-state index in [0.717, 1.165) is 89.9 Å². The van der Waals surface area contributed by atoms with E-state index in [-0.39, 0.29) is 25.9 Å². The highest BCUT2D eigenvalue weighted by molar-refractivity contribution is 5.74. The summed E-state index contributed by atoms with van der Waals surface area (Å²) in [6, 6.07) is 0. The Morgan fingerprint density at radius 3 is 1.13 bits per heavy atom. The molecule has 6 atom stereocenters. The van der Waals surface area contributed by atoms with E-state index in [1.165, 1.54) is 154 Å². The number of carbonyl (C=O) groups excluding carboxylic acids is 3. The summed E-state index contributed by atoms with van der Waals surface area (Å²) < 4.78 is 28.5. The fraction of sp³-hybridized carbons (Fsp3) is 0.873. The van der Waals surface area contributed by atoms with Gasteiger partial charge < -0.3 is 39.0 Å². The Morgan fingerprint density at radius 1 is 0.427 bits per heavy atom. The number of unbranched alkanes of at least 4 members (excludes halogenated alkanes) is 36. The molecule has 1 aliphatic heterocycles. The first-order valence-corrected chi connectivity index (χ1v) is 31.3. The highest BCUT2D eigenvalue weighted by Crippen LogP contribution is 2.27. The summed E-state index contributed by atoms with van der Waals surface area (Å²) in [6.07, 6.45) is 47.1. The van der Waals surface area contributed by atoms with E-state index in [4.69, 9.17) is 23.7 Å². The van der Waals surface area contributed by atoms with Crippen LogP contribution in [-0.2, 0) is 42.9 Å². The van der Waals surface area contributed by atoms with Crippen molar-refractivity contribution in [2.75, 3.05) is 13.2 Å². The Bertz CT molecular complexity index is 1400. The second-order valence-corrected chi connectivity index (χ2v) is 21.7. The minimum absolute atomic E-state index is 0.0594. The molecule has 438 valence electrons. The molecule has 0 aliphatic carbocycles.